The number of hydrogen-bond donors (Lipinski definition) is 2. The normalized spacial score (nSPS) is 11.6. The number of benzene rings is 2. The maximum absolute atomic E-state index is 12.7. The van der Waals surface area contributed by atoms with Crippen LogP contribution in [0.4, 0.5) is 5.69 Å². The van der Waals surface area contributed by atoms with Gasteiger partial charge in [-0.1, -0.05) is 42.5 Å². The van der Waals surface area contributed by atoms with Crippen molar-refractivity contribution in [3.63, 3.8) is 0 Å². The molecule has 0 saturated heterocycles. The highest BCUT2D eigenvalue weighted by Gasteiger charge is 2.17. The van der Waals surface area contributed by atoms with Gasteiger partial charge in [-0.05, 0) is 29.8 Å². The lowest BCUT2D eigenvalue weighted by molar-refractivity contribution is -0.129. The van der Waals surface area contributed by atoms with E-state index in [1.54, 1.807) is 48.6 Å². The van der Waals surface area contributed by atoms with Crippen LogP contribution in [-0.4, -0.2) is 40.3 Å². The maximum atomic E-state index is 12.7. The van der Waals surface area contributed by atoms with Crippen LogP contribution in [0.2, 0.25) is 0 Å². The van der Waals surface area contributed by atoms with Crippen molar-refractivity contribution in [3.05, 3.63) is 101 Å². The van der Waals surface area contributed by atoms with E-state index in [1.165, 1.54) is 11.3 Å². The molecule has 3 N–H and O–H groups in total. The average Bonchev–Trinajstić information content (AvgIpc) is 3.33. The second kappa shape index (κ2) is 10.8. The summed E-state index contributed by atoms with van der Waals surface area (Å²) in [6.07, 6.45) is 3.46. The lowest BCUT2D eigenvalue weighted by Crippen LogP contribution is -2.35. The quantitative estimate of drug-likeness (QED) is 0.402. The minimum Gasteiger partial charge on any atom is -0.344 e. The number of nitrogens with two attached hydrogens (primary N) is 1. The second-order valence-corrected chi connectivity index (χ2v) is 8.74. The topological polar surface area (TPSA) is 101 Å². The van der Waals surface area contributed by atoms with Crippen LogP contribution in [-0.2, 0) is 11.2 Å². The Bertz CT molecular complexity index is 1240. The fourth-order valence-electron chi connectivity index (χ4n) is 3.41. The molecule has 1 unspecified atom stereocenters. The number of aromatic nitrogens is 2. The summed E-state index contributed by atoms with van der Waals surface area (Å²) >= 11 is 1.53. The van der Waals surface area contributed by atoms with Crippen LogP contribution < -0.4 is 11.1 Å². The molecule has 0 saturated carbocycles. The van der Waals surface area contributed by atoms with E-state index in [4.69, 9.17) is 5.73 Å². The van der Waals surface area contributed by atoms with E-state index in [0.29, 0.717) is 17.8 Å². The number of hydrogen-bond acceptors (Lipinski definition) is 6. The predicted molar refractivity (Wildman–Crippen MR) is 134 cm³/mol. The van der Waals surface area contributed by atoms with Crippen LogP contribution in [0.25, 0.3) is 10.6 Å². The van der Waals surface area contributed by atoms with Crippen molar-refractivity contribution in [2.45, 2.75) is 12.5 Å². The first-order valence-electron chi connectivity index (χ1n) is 10.8. The smallest absolute Gasteiger partial charge is 0.255 e. The SMILES string of the molecule is CN(CC(N)c1ccc(C(=O)Nc2ccncc2)cc1)C(=O)Cc1csc(-c2ccccc2)n1. The third kappa shape index (κ3) is 5.92. The summed E-state index contributed by atoms with van der Waals surface area (Å²) < 4.78 is 0. The molecular weight excluding hydrogens is 446 g/mol. The van der Waals surface area contributed by atoms with Crippen molar-refractivity contribution < 1.29 is 9.59 Å². The molecule has 4 rings (SSSR count). The summed E-state index contributed by atoms with van der Waals surface area (Å²) in [4.78, 5) is 35.3. The van der Waals surface area contributed by atoms with Gasteiger partial charge in [0.25, 0.3) is 5.91 Å². The van der Waals surface area contributed by atoms with Gasteiger partial charge in [0.1, 0.15) is 5.01 Å². The van der Waals surface area contributed by atoms with Gasteiger partial charge in [0, 0.05) is 54.2 Å². The molecule has 0 aliphatic rings. The molecule has 2 aromatic carbocycles. The summed E-state index contributed by atoms with van der Waals surface area (Å²) in [5, 5.41) is 5.64. The van der Waals surface area contributed by atoms with Crippen molar-refractivity contribution in [2.75, 3.05) is 18.9 Å². The number of nitrogens with one attached hydrogen (secondary N) is 1. The highest BCUT2D eigenvalue weighted by molar-refractivity contribution is 7.13. The van der Waals surface area contributed by atoms with Gasteiger partial charge in [0.2, 0.25) is 5.91 Å². The minimum absolute atomic E-state index is 0.0475. The Morgan fingerprint density at radius 3 is 2.44 bits per heavy atom. The molecule has 172 valence electrons. The van der Waals surface area contributed by atoms with E-state index >= 15 is 0 Å². The highest BCUT2D eigenvalue weighted by Crippen LogP contribution is 2.23. The van der Waals surface area contributed by atoms with E-state index in [1.807, 2.05) is 47.8 Å². The van der Waals surface area contributed by atoms with Gasteiger partial charge in [0.15, 0.2) is 0 Å². The maximum Gasteiger partial charge on any atom is 0.255 e. The summed E-state index contributed by atoms with van der Waals surface area (Å²) in [5.74, 6) is -0.259. The van der Waals surface area contributed by atoms with Gasteiger partial charge in [-0.3, -0.25) is 14.6 Å². The Morgan fingerprint density at radius 2 is 1.74 bits per heavy atom. The number of amides is 2. The molecule has 0 bridgehead atoms. The third-order valence-electron chi connectivity index (χ3n) is 5.34. The summed E-state index contributed by atoms with van der Waals surface area (Å²) in [6, 6.07) is 20.1. The van der Waals surface area contributed by atoms with Crippen molar-refractivity contribution in [1.29, 1.82) is 0 Å². The molecule has 4 aromatic rings. The van der Waals surface area contributed by atoms with Crippen molar-refractivity contribution in [1.82, 2.24) is 14.9 Å². The number of likely N-dealkylation sites (N-methyl/N-ethyl adjacent to an activating group) is 1. The number of pyridine rings is 1. The molecule has 1 atom stereocenters. The van der Waals surface area contributed by atoms with Crippen LogP contribution in [0, 0.1) is 0 Å². The zero-order valence-corrected chi connectivity index (χ0v) is 19.5. The lowest BCUT2D eigenvalue weighted by atomic mass is 10.0. The minimum atomic E-state index is -0.374. The van der Waals surface area contributed by atoms with E-state index in [0.717, 1.165) is 21.8 Å². The number of nitrogens with zero attached hydrogens (tertiary/aromatic N) is 3. The van der Waals surface area contributed by atoms with Gasteiger partial charge in [-0.15, -0.1) is 11.3 Å². The van der Waals surface area contributed by atoms with E-state index in [-0.39, 0.29) is 24.3 Å². The third-order valence-corrected chi connectivity index (χ3v) is 6.28. The molecule has 8 heteroatoms. The van der Waals surface area contributed by atoms with E-state index in [9.17, 15) is 9.59 Å². The monoisotopic (exact) mass is 471 g/mol. The molecule has 34 heavy (non-hydrogen) atoms. The average molecular weight is 472 g/mol. The van der Waals surface area contributed by atoms with Crippen molar-refractivity contribution in [3.8, 4) is 10.6 Å². The standard InChI is InChI=1S/C26H25N5O2S/c1-31(24(32)15-22-17-34-26(30-22)20-5-3-2-4-6-20)16-23(27)18-7-9-19(10-8-18)25(33)29-21-11-13-28-14-12-21/h2-14,17,23H,15-16,27H2,1H3,(H,28,29,33). The molecule has 0 radical (unpaired) electrons. The van der Waals surface area contributed by atoms with Gasteiger partial charge in [0.05, 0.1) is 12.1 Å². The first kappa shape index (κ1) is 23.3. The van der Waals surface area contributed by atoms with Gasteiger partial charge in [-0.25, -0.2) is 4.98 Å². The van der Waals surface area contributed by atoms with E-state index in [2.05, 4.69) is 15.3 Å². The Morgan fingerprint density at radius 1 is 1.03 bits per heavy atom. The Balaban J connectivity index is 1.31. The van der Waals surface area contributed by atoms with Crippen molar-refractivity contribution in [2.24, 2.45) is 5.73 Å². The highest BCUT2D eigenvalue weighted by atomic mass is 32.1. The van der Waals surface area contributed by atoms with Gasteiger partial charge in [-0.2, -0.15) is 0 Å². The Hall–Kier alpha value is -3.88. The molecule has 0 aliphatic heterocycles. The summed E-state index contributed by atoms with van der Waals surface area (Å²) in [5.41, 5.74) is 10.2. The van der Waals surface area contributed by atoms with Crippen LogP contribution in [0.3, 0.4) is 0 Å². The first-order valence-corrected chi connectivity index (χ1v) is 11.7. The Kier molecular flexibility index (Phi) is 7.41. The molecular formula is C26H25N5O2S. The molecule has 2 amide bonds. The fourth-order valence-corrected chi connectivity index (χ4v) is 4.24. The second-order valence-electron chi connectivity index (χ2n) is 7.88. The zero-order chi connectivity index (χ0) is 23.9. The molecule has 0 spiro atoms. The van der Waals surface area contributed by atoms with Crippen LogP contribution in [0.15, 0.2) is 84.5 Å². The predicted octanol–water partition coefficient (Wildman–Crippen LogP) is 4.16. The number of carbonyl (C=O) groups excluding carboxylic acids is 2. The number of carbonyl (C=O) groups is 2. The van der Waals surface area contributed by atoms with Gasteiger partial charge >= 0.3 is 0 Å². The van der Waals surface area contributed by atoms with Crippen molar-refractivity contribution >= 4 is 28.8 Å². The fraction of sp³-hybridized carbons (Fsp3) is 0.154. The molecule has 0 fully saturated rings. The molecule has 0 aliphatic carbocycles. The number of rotatable bonds is 8. The zero-order valence-electron chi connectivity index (χ0n) is 18.7. The van der Waals surface area contributed by atoms with Crippen LogP contribution in [0.1, 0.15) is 27.7 Å². The number of thiazole rings is 1. The summed E-state index contributed by atoms with van der Waals surface area (Å²) in [6.45, 7) is 0.358. The number of anilines is 1. The van der Waals surface area contributed by atoms with E-state index < -0.39 is 0 Å². The van der Waals surface area contributed by atoms with Crippen LogP contribution >= 0.6 is 11.3 Å². The summed E-state index contributed by atoms with van der Waals surface area (Å²) in [7, 11) is 1.74. The largest absolute Gasteiger partial charge is 0.344 e. The van der Waals surface area contributed by atoms with Crippen LogP contribution in [0.5, 0.6) is 0 Å². The first-order chi connectivity index (χ1) is 16.5. The molecule has 2 heterocycles. The van der Waals surface area contributed by atoms with Gasteiger partial charge < -0.3 is 16.0 Å². The lowest BCUT2D eigenvalue weighted by Gasteiger charge is -2.22. The Labute approximate surface area is 202 Å². The molecule has 7 nitrogen and oxygen atoms in total. The molecule has 2 aromatic heterocycles.